The molecule has 15 heavy (non-hydrogen) atoms. The van der Waals surface area contributed by atoms with Gasteiger partial charge >= 0.3 is 0 Å². The zero-order valence-corrected chi connectivity index (χ0v) is 9.37. The molecule has 1 rings (SSSR count). The first-order valence-electron chi connectivity index (χ1n) is 5.90. The van der Waals surface area contributed by atoms with Gasteiger partial charge in [0.25, 0.3) is 0 Å². The van der Waals surface area contributed by atoms with E-state index in [9.17, 15) is 14.7 Å². The molecule has 0 radical (unpaired) electrons. The number of carbonyl (C=O) groups is 2. The molecular weight excluding hydrogens is 192 g/mol. The van der Waals surface area contributed by atoms with Crippen molar-refractivity contribution in [1.82, 2.24) is 0 Å². The van der Waals surface area contributed by atoms with Gasteiger partial charge < -0.3 is 5.11 Å². The van der Waals surface area contributed by atoms with Crippen molar-refractivity contribution in [2.24, 2.45) is 5.92 Å². The molecule has 3 heteroatoms. The van der Waals surface area contributed by atoms with Gasteiger partial charge in [0.1, 0.15) is 6.10 Å². The molecule has 1 unspecified atom stereocenters. The van der Waals surface area contributed by atoms with E-state index in [0.717, 1.165) is 19.3 Å². The van der Waals surface area contributed by atoms with Gasteiger partial charge in [-0.15, -0.1) is 0 Å². The second kappa shape index (κ2) is 6.01. The van der Waals surface area contributed by atoms with Crippen LogP contribution in [0, 0.1) is 5.92 Å². The van der Waals surface area contributed by atoms with E-state index in [2.05, 4.69) is 0 Å². The molecule has 0 heterocycles. The molecule has 0 aromatic carbocycles. The highest BCUT2D eigenvalue weighted by Crippen LogP contribution is 2.27. The predicted molar refractivity (Wildman–Crippen MR) is 57.5 cm³/mol. The molecular formula is C12H20O3. The summed E-state index contributed by atoms with van der Waals surface area (Å²) in [6.07, 6.45) is 4.86. The molecule has 0 saturated heterocycles. The van der Waals surface area contributed by atoms with Crippen LogP contribution in [0.1, 0.15) is 51.9 Å². The Balaban J connectivity index is 2.35. The summed E-state index contributed by atoms with van der Waals surface area (Å²) >= 11 is 0. The van der Waals surface area contributed by atoms with Crippen LogP contribution in [0.2, 0.25) is 0 Å². The van der Waals surface area contributed by atoms with Crippen molar-refractivity contribution < 1.29 is 14.7 Å². The quantitative estimate of drug-likeness (QED) is 0.684. The van der Waals surface area contributed by atoms with Gasteiger partial charge in [-0.25, -0.2) is 0 Å². The van der Waals surface area contributed by atoms with Crippen molar-refractivity contribution in [1.29, 1.82) is 0 Å². The highest BCUT2D eigenvalue weighted by atomic mass is 16.3. The van der Waals surface area contributed by atoms with Gasteiger partial charge in [0, 0.05) is 6.42 Å². The fourth-order valence-corrected chi connectivity index (χ4v) is 2.17. The Morgan fingerprint density at radius 2 is 1.93 bits per heavy atom. The molecule has 1 atom stereocenters. The highest BCUT2D eigenvalue weighted by molar-refractivity contribution is 6.38. The van der Waals surface area contributed by atoms with Crippen molar-refractivity contribution in [2.45, 2.75) is 58.0 Å². The molecule has 0 spiro atoms. The van der Waals surface area contributed by atoms with Crippen LogP contribution in [-0.4, -0.2) is 22.8 Å². The lowest BCUT2D eigenvalue weighted by atomic mass is 9.96. The van der Waals surface area contributed by atoms with Crippen LogP contribution in [0.4, 0.5) is 0 Å². The summed E-state index contributed by atoms with van der Waals surface area (Å²) in [5, 5.41) is 9.39. The van der Waals surface area contributed by atoms with Gasteiger partial charge in [-0.1, -0.05) is 39.0 Å². The average molecular weight is 212 g/mol. The summed E-state index contributed by atoms with van der Waals surface area (Å²) in [6, 6.07) is 0. The van der Waals surface area contributed by atoms with E-state index in [0.29, 0.717) is 18.8 Å². The van der Waals surface area contributed by atoms with Gasteiger partial charge in [0.15, 0.2) is 0 Å². The molecule has 0 bridgehead atoms. The number of ketones is 2. The van der Waals surface area contributed by atoms with E-state index in [1.165, 1.54) is 12.8 Å². The van der Waals surface area contributed by atoms with Crippen LogP contribution in [0.15, 0.2) is 0 Å². The number of rotatable bonds is 6. The summed E-state index contributed by atoms with van der Waals surface area (Å²) in [5.41, 5.74) is 0. The Morgan fingerprint density at radius 1 is 1.33 bits per heavy atom. The maximum absolute atomic E-state index is 11.5. The predicted octanol–water partition coefficient (Wildman–Crippen LogP) is 1.87. The Kier molecular flexibility index (Phi) is 4.95. The number of aliphatic hydroxyl groups is 1. The molecule has 1 saturated carbocycles. The Bertz CT molecular complexity index is 229. The number of hydrogen-bond donors (Lipinski definition) is 1. The lowest BCUT2D eigenvalue weighted by Gasteiger charge is -2.10. The Hall–Kier alpha value is -0.700. The van der Waals surface area contributed by atoms with E-state index in [1.807, 2.05) is 6.92 Å². The summed E-state index contributed by atoms with van der Waals surface area (Å²) in [5.74, 6) is -0.568. The first kappa shape index (κ1) is 12.4. The van der Waals surface area contributed by atoms with Crippen LogP contribution in [0.25, 0.3) is 0 Å². The van der Waals surface area contributed by atoms with Crippen molar-refractivity contribution in [3.05, 3.63) is 0 Å². The molecule has 0 amide bonds. The molecule has 1 fully saturated rings. The first-order chi connectivity index (χ1) is 7.15. The van der Waals surface area contributed by atoms with Crippen molar-refractivity contribution in [3.63, 3.8) is 0 Å². The highest BCUT2D eigenvalue weighted by Gasteiger charge is 2.26. The third kappa shape index (κ3) is 3.74. The zero-order valence-electron chi connectivity index (χ0n) is 9.37. The summed E-state index contributed by atoms with van der Waals surface area (Å²) < 4.78 is 0. The van der Waals surface area contributed by atoms with Gasteiger partial charge in [-0.05, 0) is 12.3 Å². The third-order valence-corrected chi connectivity index (χ3v) is 3.09. The van der Waals surface area contributed by atoms with Gasteiger partial charge in [-0.3, -0.25) is 9.59 Å². The minimum atomic E-state index is -1.07. The van der Waals surface area contributed by atoms with E-state index in [-0.39, 0.29) is 5.78 Å². The molecule has 0 aromatic heterocycles. The van der Waals surface area contributed by atoms with Crippen LogP contribution in [0.5, 0.6) is 0 Å². The minimum Gasteiger partial charge on any atom is -0.385 e. The van der Waals surface area contributed by atoms with Crippen LogP contribution >= 0.6 is 0 Å². The van der Waals surface area contributed by atoms with Crippen molar-refractivity contribution >= 4 is 11.6 Å². The minimum absolute atomic E-state index is 0.347. The van der Waals surface area contributed by atoms with Crippen LogP contribution < -0.4 is 0 Å². The van der Waals surface area contributed by atoms with E-state index in [1.54, 1.807) is 0 Å². The van der Waals surface area contributed by atoms with Gasteiger partial charge in [-0.2, -0.15) is 0 Å². The van der Waals surface area contributed by atoms with E-state index >= 15 is 0 Å². The van der Waals surface area contributed by atoms with Crippen LogP contribution in [-0.2, 0) is 9.59 Å². The maximum atomic E-state index is 11.5. The molecule has 86 valence electrons. The first-order valence-corrected chi connectivity index (χ1v) is 5.90. The monoisotopic (exact) mass is 212 g/mol. The lowest BCUT2D eigenvalue weighted by molar-refractivity contribution is -0.142. The van der Waals surface area contributed by atoms with Crippen LogP contribution in [0.3, 0.4) is 0 Å². The number of Topliss-reactive ketones (excluding diaryl/α,β-unsaturated/α-hetero) is 2. The van der Waals surface area contributed by atoms with Crippen molar-refractivity contribution in [3.8, 4) is 0 Å². The maximum Gasteiger partial charge on any atom is 0.226 e. The largest absolute Gasteiger partial charge is 0.385 e. The summed E-state index contributed by atoms with van der Waals surface area (Å²) in [4.78, 5) is 22.9. The summed E-state index contributed by atoms with van der Waals surface area (Å²) in [7, 11) is 0. The Labute approximate surface area is 90.9 Å². The fraction of sp³-hybridized carbons (Fsp3) is 0.833. The smallest absolute Gasteiger partial charge is 0.226 e. The summed E-state index contributed by atoms with van der Waals surface area (Å²) in [6.45, 7) is 1.89. The number of aliphatic hydroxyl groups excluding tert-OH is 1. The lowest BCUT2D eigenvalue weighted by Crippen LogP contribution is -2.29. The molecule has 3 nitrogen and oxygen atoms in total. The molecule has 1 aliphatic rings. The second-order valence-corrected chi connectivity index (χ2v) is 4.45. The third-order valence-electron chi connectivity index (χ3n) is 3.09. The number of hydrogen-bond acceptors (Lipinski definition) is 3. The number of carbonyl (C=O) groups excluding carboxylic acids is 2. The molecule has 1 aliphatic carbocycles. The molecule has 0 aromatic rings. The van der Waals surface area contributed by atoms with Crippen molar-refractivity contribution in [2.75, 3.05) is 0 Å². The Morgan fingerprint density at radius 3 is 2.47 bits per heavy atom. The van der Waals surface area contributed by atoms with Gasteiger partial charge in [0.2, 0.25) is 11.6 Å². The van der Waals surface area contributed by atoms with Gasteiger partial charge in [0.05, 0.1) is 0 Å². The standard InChI is InChI=1S/C12H20O3/c1-2-5-10(13)12(15)11(14)8-9-6-3-4-7-9/h9-10,13H,2-8H2,1H3. The van der Waals surface area contributed by atoms with E-state index in [4.69, 9.17) is 0 Å². The topological polar surface area (TPSA) is 54.4 Å². The second-order valence-electron chi connectivity index (χ2n) is 4.45. The molecule has 0 aliphatic heterocycles. The fourth-order valence-electron chi connectivity index (χ4n) is 2.17. The zero-order chi connectivity index (χ0) is 11.3. The molecule has 1 N–H and O–H groups in total. The average Bonchev–Trinajstić information content (AvgIpc) is 2.69. The van der Waals surface area contributed by atoms with E-state index < -0.39 is 11.9 Å². The SMILES string of the molecule is CCCC(O)C(=O)C(=O)CC1CCCC1. The normalized spacial score (nSPS) is 19.1.